The zero-order valence-corrected chi connectivity index (χ0v) is 19.9. The second kappa shape index (κ2) is 12.5. The van der Waals surface area contributed by atoms with Crippen LogP contribution in [-0.4, -0.2) is 58.4 Å². The molecule has 0 atom stereocenters. The normalized spacial score (nSPS) is 13.6. The topological polar surface area (TPSA) is 91.9 Å². The number of benzene rings is 2. The van der Waals surface area contributed by atoms with E-state index in [2.05, 4.69) is 27.4 Å². The maximum Gasteiger partial charge on any atom is 0.315 e. The fraction of sp³-hybridized carbons (Fsp3) is 0.385. The van der Waals surface area contributed by atoms with Crippen molar-refractivity contribution in [2.75, 3.05) is 45.3 Å². The summed E-state index contributed by atoms with van der Waals surface area (Å²) in [6.45, 7) is 6.09. The number of carbonyl (C=O) groups excluding carboxylic acids is 2. The number of nitrogens with zero attached hydrogens (tertiary/aromatic N) is 1. The Kier molecular flexibility index (Phi) is 9.20. The number of nitrogens with one attached hydrogen (secondary N) is 3. The fourth-order valence-corrected chi connectivity index (χ4v) is 4.06. The van der Waals surface area contributed by atoms with Crippen LogP contribution in [0.5, 0.6) is 11.5 Å². The number of amides is 3. The van der Waals surface area contributed by atoms with Gasteiger partial charge in [0.15, 0.2) is 11.5 Å². The molecule has 3 rings (SSSR count). The molecule has 1 aliphatic rings. The monoisotopic (exact) mass is 466 g/mol. The van der Waals surface area contributed by atoms with Crippen molar-refractivity contribution in [2.24, 2.45) is 0 Å². The van der Waals surface area contributed by atoms with Gasteiger partial charge in [-0.25, -0.2) is 4.79 Å². The molecule has 1 heterocycles. The van der Waals surface area contributed by atoms with Crippen molar-refractivity contribution in [3.05, 3.63) is 66.2 Å². The molecule has 1 fully saturated rings. The maximum atomic E-state index is 13.0. The van der Waals surface area contributed by atoms with Gasteiger partial charge in [-0.1, -0.05) is 24.3 Å². The summed E-state index contributed by atoms with van der Waals surface area (Å²) in [6, 6.07) is 13.4. The Hall–Kier alpha value is -3.68. The number of methoxy groups -OCH3 is 2. The van der Waals surface area contributed by atoms with Crippen molar-refractivity contribution in [2.45, 2.75) is 25.3 Å². The quantitative estimate of drug-likeness (QED) is 0.468. The van der Waals surface area contributed by atoms with Crippen molar-refractivity contribution >= 4 is 17.6 Å². The zero-order chi connectivity index (χ0) is 24.3. The Bertz CT molecular complexity index is 987. The van der Waals surface area contributed by atoms with Crippen LogP contribution in [0, 0.1) is 0 Å². The van der Waals surface area contributed by atoms with Gasteiger partial charge in [0.25, 0.3) is 5.91 Å². The van der Waals surface area contributed by atoms with Crippen LogP contribution in [-0.2, 0) is 6.42 Å². The summed E-state index contributed by atoms with van der Waals surface area (Å²) in [6.07, 6.45) is 3.96. The minimum absolute atomic E-state index is 0.0971. The molecule has 0 aromatic heterocycles. The third-order valence-corrected chi connectivity index (χ3v) is 5.87. The summed E-state index contributed by atoms with van der Waals surface area (Å²) in [5, 5.41) is 8.78. The summed E-state index contributed by atoms with van der Waals surface area (Å²) in [4.78, 5) is 27.1. The Morgan fingerprint density at radius 2 is 1.79 bits per heavy atom. The number of urea groups is 1. The number of anilines is 1. The lowest BCUT2D eigenvalue weighted by Gasteiger charge is -2.34. The van der Waals surface area contributed by atoms with Crippen LogP contribution in [0.1, 0.15) is 28.8 Å². The molecule has 34 heavy (non-hydrogen) atoms. The van der Waals surface area contributed by atoms with E-state index in [0.717, 1.165) is 37.2 Å². The highest BCUT2D eigenvalue weighted by Gasteiger charge is 2.23. The van der Waals surface area contributed by atoms with Gasteiger partial charge in [-0.15, -0.1) is 6.58 Å². The molecule has 8 nitrogen and oxygen atoms in total. The van der Waals surface area contributed by atoms with Crippen LogP contribution in [0.3, 0.4) is 0 Å². The number of piperidine rings is 1. The van der Waals surface area contributed by atoms with Gasteiger partial charge in [-0.05, 0) is 49.1 Å². The molecule has 3 amide bonds. The van der Waals surface area contributed by atoms with Crippen molar-refractivity contribution in [3.8, 4) is 11.5 Å². The fourth-order valence-electron chi connectivity index (χ4n) is 4.06. The first-order chi connectivity index (χ1) is 16.5. The first-order valence-corrected chi connectivity index (χ1v) is 11.5. The number of carbonyl (C=O) groups is 2. The van der Waals surface area contributed by atoms with E-state index >= 15 is 0 Å². The minimum Gasteiger partial charge on any atom is -0.493 e. The molecule has 2 aromatic rings. The smallest absolute Gasteiger partial charge is 0.315 e. The Labute approximate surface area is 201 Å². The number of hydrogen-bond donors (Lipinski definition) is 3. The van der Waals surface area contributed by atoms with Gasteiger partial charge >= 0.3 is 6.03 Å². The van der Waals surface area contributed by atoms with Gasteiger partial charge in [0.05, 0.1) is 19.8 Å². The maximum absolute atomic E-state index is 13.0. The molecular weight excluding hydrogens is 432 g/mol. The van der Waals surface area contributed by atoms with Crippen molar-refractivity contribution in [1.29, 1.82) is 0 Å². The molecule has 0 aliphatic carbocycles. The van der Waals surface area contributed by atoms with Gasteiger partial charge < -0.3 is 30.3 Å². The lowest BCUT2D eigenvalue weighted by molar-refractivity contribution is 0.0954. The van der Waals surface area contributed by atoms with E-state index < -0.39 is 0 Å². The molecular formula is C26H34N4O4. The van der Waals surface area contributed by atoms with Crippen LogP contribution in [0.25, 0.3) is 0 Å². The van der Waals surface area contributed by atoms with Crippen LogP contribution in [0.4, 0.5) is 10.5 Å². The largest absolute Gasteiger partial charge is 0.493 e. The molecule has 182 valence electrons. The third kappa shape index (κ3) is 6.66. The molecule has 0 saturated carbocycles. The highest BCUT2D eigenvalue weighted by atomic mass is 16.5. The lowest BCUT2D eigenvalue weighted by atomic mass is 10.0. The van der Waals surface area contributed by atoms with Crippen molar-refractivity contribution in [1.82, 2.24) is 16.0 Å². The highest BCUT2D eigenvalue weighted by Crippen LogP contribution is 2.28. The van der Waals surface area contributed by atoms with E-state index in [1.54, 1.807) is 20.3 Å². The second-order valence-corrected chi connectivity index (χ2v) is 8.12. The average molecular weight is 467 g/mol. The minimum atomic E-state index is -0.174. The number of ether oxygens (including phenoxy) is 2. The first-order valence-electron chi connectivity index (χ1n) is 11.5. The molecule has 0 spiro atoms. The van der Waals surface area contributed by atoms with Gasteiger partial charge in [-0.3, -0.25) is 4.79 Å². The predicted molar refractivity (Wildman–Crippen MR) is 134 cm³/mol. The first kappa shape index (κ1) is 25.0. The lowest BCUT2D eigenvalue weighted by Crippen LogP contribution is -2.48. The number of para-hydroxylation sites is 1. The van der Waals surface area contributed by atoms with E-state index in [9.17, 15) is 9.59 Å². The van der Waals surface area contributed by atoms with Crippen LogP contribution >= 0.6 is 0 Å². The summed E-state index contributed by atoms with van der Waals surface area (Å²) in [5.41, 5.74) is 2.63. The summed E-state index contributed by atoms with van der Waals surface area (Å²) < 4.78 is 10.6. The van der Waals surface area contributed by atoms with Crippen molar-refractivity contribution < 1.29 is 19.1 Å². The van der Waals surface area contributed by atoms with Crippen molar-refractivity contribution in [3.63, 3.8) is 0 Å². The van der Waals surface area contributed by atoms with Gasteiger partial charge in [-0.2, -0.15) is 0 Å². The Balaban J connectivity index is 1.54. The number of rotatable bonds is 10. The van der Waals surface area contributed by atoms with E-state index in [4.69, 9.17) is 9.47 Å². The summed E-state index contributed by atoms with van der Waals surface area (Å²) >= 11 is 0. The molecule has 1 saturated heterocycles. The van der Waals surface area contributed by atoms with E-state index in [1.165, 1.54) is 0 Å². The van der Waals surface area contributed by atoms with Gasteiger partial charge in [0.1, 0.15) is 0 Å². The molecule has 3 N–H and O–H groups in total. The van der Waals surface area contributed by atoms with Gasteiger partial charge in [0.2, 0.25) is 0 Å². The molecule has 1 aliphatic heterocycles. The molecule has 2 aromatic carbocycles. The van der Waals surface area contributed by atoms with E-state index in [0.29, 0.717) is 36.6 Å². The van der Waals surface area contributed by atoms with E-state index in [1.807, 2.05) is 42.5 Å². The number of hydrogen-bond acceptors (Lipinski definition) is 5. The van der Waals surface area contributed by atoms with Crippen LogP contribution in [0.15, 0.2) is 55.1 Å². The molecule has 0 bridgehead atoms. The standard InChI is InChI=1S/C26H34N4O4/c1-4-14-28-26(32)29-20-12-16-30(17-13-20)22-8-6-5-7-21(22)25(31)27-15-11-19-9-10-23(33-2)24(18-19)34-3/h4-10,18,20H,1,11-17H2,2-3H3,(H,27,31)(H2,28,29,32). The summed E-state index contributed by atoms with van der Waals surface area (Å²) in [5.74, 6) is 1.26. The molecule has 0 unspecified atom stereocenters. The Morgan fingerprint density at radius 1 is 1.06 bits per heavy atom. The third-order valence-electron chi connectivity index (χ3n) is 5.87. The molecule has 0 radical (unpaired) electrons. The van der Waals surface area contributed by atoms with E-state index in [-0.39, 0.29) is 18.0 Å². The predicted octanol–water partition coefficient (Wildman–Crippen LogP) is 3.13. The second-order valence-electron chi connectivity index (χ2n) is 8.12. The molecule has 8 heteroatoms. The van der Waals surface area contributed by atoms with Gasteiger partial charge in [0, 0.05) is 37.9 Å². The van der Waals surface area contributed by atoms with Crippen LogP contribution < -0.4 is 30.3 Å². The van der Waals surface area contributed by atoms with Crippen LogP contribution in [0.2, 0.25) is 0 Å². The Morgan fingerprint density at radius 3 is 2.50 bits per heavy atom. The highest BCUT2D eigenvalue weighted by molar-refractivity contribution is 5.99. The zero-order valence-electron chi connectivity index (χ0n) is 19.9. The average Bonchev–Trinajstić information content (AvgIpc) is 2.87. The summed E-state index contributed by atoms with van der Waals surface area (Å²) in [7, 11) is 3.21. The SMILES string of the molecule is C=CCNC(=O)NC1CCN(c2ccccc2C(=O)NCCc2ccc(OC)c(OC)c2)CC1.